The topological polar surface area (TPSA) is 55.1 Å². The minimum atomic E-state index is -0.256. The van der Waals surface area contributed by atoms with E-state index in [9.17, 15) is 4.79 Å². The van der Waals surface area contributed by atoms with Gasteiger partial charge in [0.05, 0.1) is 10.6 Å². The van der Waals surface area contributed by atoms with E-state index >= 15 is 0 Å². The summed E-state index contributed by atoms with van der Waals surface area (Å²) >= 11 is 9.44. The van der Waals surface area contributed by atoms with Crippen molar-refractivity contribution in [3.63, 3.8) is 0 Å². The molecule has 20 heavy (non-hydrogen) atoms. The first kappa shape index (κ1) is 14.9. The molecular formula is C15H14BrClN2O. The molecule has 3 nitrogen and oxygen atoms in total. The van der Waals surface area contributed by atoms with E-state index in [1.807, 2.05) is 26.0 Å². The third-order valence-corrected chi connectivity index (χ3v) is 4.45. The van der Waals surface area contributed by atoms with Crippen LogP contribution in [0.4, 0.5) is 11.4 Å². The predicted molar refractivity (Wildman–Crippen MR) is 87.4 cm³/mol. The summed E-state index contributed by atoms with van der Waals surface area (Å²) in [5.41, 5.74) is 9.47. The molecule has 0 bridgehead atoms. The van der Waals surface area contributed by atoms with E-state index in [4.69, 9.17) is 17.3 Å². The van der Waals surface area contributed by atoms with Crippen LogP contribution >= 0.6 is 27.5 Å². The van der Waals surface area contributed by atoms with Crippen LogP contribution in [0.3, 0.4) is 0 Å². The van der Waals surface area contributed by atoms with Crippen LogP contribution in [0.25, 0.3) is 0 Å². The Bertz CT molecular complexity index is 686. The number of nitrogens with two attached hydrogens (primary N) is 1. The summed E-state index contributed by atoms with van der Waals surface area (Å²) in [6, 6.07) is 8.94. The number of hydrogen-bond donors (Lipinski definition) is 2. The first-order chi connectivity index (χ1) is 9.41. The molecule has 0 atom stereocenters. The number of nitrogens with one attached hydrogen (secondary N) is 1. The van der Waals surface area contributed by atoms with Gasteiger partial charge in [0.1, 0.15) is 0 Å². The van der Waals surface area contributed by atoms with Gasteiger partial charge in [-0.1, -0.05) is 23.7 Å². The highest BCUT2D eigenvalue weighted by molar-refractivity contribution is 9.10. The van der Waals surface area contributed by atoms with E-state index in [0.29, 0.717) is 20.7 Å². The molecule has 0 fully saturated rings. The lowest BCUT2D eigenvalue weighted by Crippen LogP contribution is -2.15. The monoisotopic (exact) mass is 352 g/mol. The minimum absolute atomic E-state index is 0.256. The summed E-state index contributed by atoms with van der Waals surface area (Å²) in [5, 5.41) is 3.27. The average molecular weight is 354 g/mol. The highest BCUT2D eigenvalue weighted by Crippen LogP contribution is 2.29. The van der Waals surface area contributed by atoms with E-state index in [-0.39, 0.29) is 5.91 Å². The van der Waals surface area contributed by atoms with Crippen molar-refractivity contribution in [2.45, 2.75) is 13.8 Å². The molecule has 0 aliphatic heterocycles. The summed E-state index contributed by atoms with van der Waals surface area (Å²) in [6.07, 6.45) is 0. The largest absolute Gasteiger partial charge is 0.398 e. The molecule has 0 aliphatic rings. The van der Waals surface area contributed by atoms with Gasteiger partial charge in [-0.3, -0.25) is 4.79 Å². The number of hydrogen-bond acceptors (Lipinski definition) is 2. The van der Waals surface area contributed by atoms with Crippen LogP contribution < -0.4 is 11.1 Å². The normalized spacial score (nSPS) is 10.4. The standard InChI is InChI=1S/C15H14BrClN2O/c1-8-6-7-12(18)9(2)14(8)19-15(20)10-4-3-5-11(16)13(10)17/h3-7H,18H2,1-2H3,(H,19,20). The molecule has 0 aliphatic carbocycles. The summed E-state index contributed by atoms with van der Waals surface area (Å²) in [5.74, 6) is -0.256. The number of amides is 1. The van der Waals surface area contributed by atoms with Crippen molar-refractivity contribution in [2.75, 3.05) is 11.1 Å². The Balaban J connectivity index is 2.38. The molecule has 5 heteroatoms. The Labute approximate surface area is 131 Å². The summed E-state index contributed by atoms with van der Waals surface area (Å²) < 4.78 is 0.688. The highest BCUT2D eigenvalue weighted by Gasteiger charge is 2.15. The molecule has 0 saturated carbocycles. The van der Waals surface area contributed by atoms with Crippen LogP contribution in [-0.4, -0.2) is 5.91 Å². The Kier molecular flexibility index (Phi) is 4.35. The number of benzene rings is 2. The van der Waals surface area contributed by atoms with Crippen LogP contribution in [0.2, 0.25) is 5.02 Å². The Morgan fingerprint density at radius 1 is 1.25 bits per heavy atom. The molecule has 2 aromatic rings. The zero-order valence-corrected chi connectivity index (χ0v) is 13.5. The average Bonchev–Trinajstić information content (AvgIpc) is 2.42. The van der Waals surface area contributed by atoms with Crippen molar-refractivity contribution in [1.29, 1.82) is 0 Å². The van der Waals surface area contributed by atoms with Crippen LogP contribution in [0.1, 0.15) is 21.5 Å². The van der Waals surface area contributed by atoms with Crippen molar-refractivity contribution < 1.29 is 4.79 Å². The maximum Gasteiger partial charge on any atom is 0.257 e. The fourth-order valence-corrected chi connectivity index (χ4v) is 2.49. The van der Waals surface area contributed by atoms with Crippen molar-refractivity contribution in [1.82, 2.24) is 0 Å². The molecule has 1 amide bonds. The number of aryl methyl sites for hydroxylation is 1. The SMILES string of the molecule is Cc1ccc(N)c(C)c1NC(=O)c1cccc(Br)c1Cl. The second-order valence-electron chi connectivity index (χ2n) is 4.53. The van der Waals surface area contributed by atoms with Gasteiger partial charge in [0.15, 0.2) is 0 Å². The number of halogens is 2. The molecule has 3 N–H and O–H groups in total. The Morgan fingerprint density at radius 3 is 2.65 bits per heavy atom. The lowest BCUT2D eigenvalue weighted by atomic mass is 10.1. The van der Waals surface area contributed by atoms with Crippen LogP contribution in [-0.2, 0) is 0 Å². The van der Waals surface area contributed by atoms with Gasteiger partial charge in [-0.25, -0.2) is 0 Å². The Morgan fingerprint density at radius 2 is 1.95 bits per heavy atom. The van der Waals surface area contributed by atoms with Gasteiger partial charge in [-0.2, -0.15) is 0 Å². The van der Waals surface area contributed by atoms with E-state index < -0.39 is 0 Å². The summed E-state index contributed by atoms with van der Waals surface area (Å²) in [7, 11) is 0. The van der Waals surface area contributed by atoms with Gasteiger partial charge in [0.2, 0.25) is 0 Å². The number of carbonyl (C=O) groups is 1. The Hall–Kier alpha value is -1.52. The molecule has 104 valence electrons. The van der Waals surface area contributed by atoms with Gasteiger partial charge >= 0.3 is 0 Å². The molecular weight excluding hydrogens is 340 g/mol. The van der Waals surface area contributed by atoms with Crippen molar-refractivity contribution in [3.8, 4) is 0 Å². The summed E-state index contributed by atoms with van der Waals surface area (Å²) in [4.78, 5) is 12.3. The maximum atomic E-state index is 12.3. The number of nitrogen functional groups attached to an aromatic ring is 1. The number of rotatable bonds is 2. The lowest BCUT2D eigenvalue weighted by molar-refractivity contribution is 0.102. The summed E-state index contributed by atoms with van der Waals surface area (Å²) in [6.45, 7) is 3.80. The van der Waals surface area contributed by atoms with Crippen LogP contribution in [0.5, 0.6) is 0 Å². The minimum Gasteiger partial charge on any atom is -0.398 e. The van der Waals surface area contributed by atoms with Crippen molar-refractivity contribution in [2.24, 2.45) is 0 Å². The fraction of sp³-hybridized carbons (Fsp3) is 0.133. The second kappa shape index (κ2) is 5.85. The molecule has 0 heterocycles. The maximum absolute atomic E-state index is 12.3. The van der Waals surface area contributed by atoms with Gasteiger partial charge in [-0.15, -0.1) is 0 Å². The van der Waals surface area contributed by atoms with Gasteiger partial charge in [0.25, 0.3) is 5.91 Å². The molecule has 0 spiro atoms. The van der Waals surface area contributed by atoms with E-state index in [0.717, 1.165) is 16.8 Å². The molecule has 2 rings (SSSR count). The second-order valence-corrected chi connectivity index (χ2v) is 5.76. The predicted octanol–water partition coefficient (Wildman–Crippen LogP) is 4.55. The third-order valence-electron chi connectivity index (χ3n) is 3.15. The first-order valence-corrected chi connectivity index (χ1v) is 7.20. The zero-order valence-electron chi connectivity index (χ0n) is 11.1. The molecule has 0 radical (unpaired) electrons. The smallest absolute Gasteiger partial charge is 0.257 e. The highest BCUT2D eigenvalue weighted by atomic mass is 79.9. The van der Waals surface area contributed by atoms with Crippen molar-refractivity contribution in [3.05, 3.63) is 56.5 Å². The van der Waals surface area contributed by atoms with Gasteiger partial charge in [-0.05, 0) is 59.1 Å². The molecule has 0 unspecified atom stereocenters. The molecule has 2 aromatic carbocycles. The zero-order chi connectivity index (χ0) is 14.9. The lowest BCUT2D eigenvalue weighted by Gasteiger charge is -2.14. The van der Waals surface area contributed by atoms with Gasteiger partial charge in [0, 0.05) is 15.8 Å². The van der Waals surface area contributed by atoms with Crippen LogP contribution in [0, 0.1) is 13.8 Å². The van der Waals surface area contributed by atoms with E-state index in [2.05, 4.69) is 21.2 Å². The fourth-order valence-electron chi connectivity index (χ4n) is 1.92. The van der Waals surface area contributed by atoms with Crippen LogP contribution in [0.15, 0.2) is 34.8 Å². The van der Waals surface area contributed by atoms with Crippen molar-refractivity contribution >= 4 is 44.8 Å². The molecule has 0 aromatic heterocycles. The van der Waals surface area contributed by atoms with E-state index in [1.54, 1.807) is 18.2 Å². The number of anilines is 2. The van der Waals surface area contributed by atoms with E-state index in [1.165, 1.54) is 0 Å². The molecule has 0 saturated heterocycles. The van der Waals surface area contributed by atoms with Gasteiger partial charge < -0.3 is 11.1 Å². The third kappa shape index (κ3) is 2.81. The first-order valence-electron chi connectivity index (χ1n) is 6.03. The number of carbonyl (C=O) groups excluding carboxylic acids is 1. The quantitative estimate of drug-likeness (QED) is 0.778.